The van der Waals surface area contributed by atoms with E-state index in [0.29, 0.717) is 38.2 Å². The van der Waals surface area contributed by atoms with E-state index in [1.165, 1.54) is 5.57 Å². The third-order valence-electron chi connectivity index (χ3n) is 19.6. The van der Waals surface area contributed by atoms with Gasteiger partial charge in [0.15, 0.2) is 30.9 Å². The molecule has 73 heavy (non-hydrogen) atoms. The van der Waals surface area contributed by atoms with Gasteiger partial charge in [-0.3, -0.25) is 0 Å². The van der Waals surface area contributed by atoms with Crippen LogP contribution in [0.3, 0.4) is 0 Å². The molecule has 9 fully saturated rings. The van der Waals surface area contributed by atoms with Gasteiger partial charge in [0.2, 0.25) is 0 Å². The van der Waals surface area contributed by atoms with Crippen molar-refractivity contribution in [2.45, 2.75) is 226 Å². The van der Waals surface area contributed by atoms with Gasteiger partial charge in [-0.25, -0.2) is 0 Å². The number of fused-ring (bicyclic) bond motifs is 7. The van der Waals surface area contributed by atoms with E-state index in [0.717, 1.165) is 32.1 Å². The van der Waals surface area contributed by atoms with Gasteiger partial charge in [-0.2, -0.15) is 0 Å². The number of hydrogen-bond acceptors (Lipinski definition) is 23. The van der Waals surface area contributed by atoms with Crippen LogP contribution in [0.4, 0.5) is 0 Å². The molecular weight excluding hydrogens is 969 g/mol. The van der Waals surface area contributed by atoms with E-state index in [2.05, 4.69) is 33.8 Å². The van der Waals surface area contributed by atoms with Crippen LogP contribution in [-0.4, -0.2) is 240 Å². The molecule has 23 nitrogen and oxygen atoms in total. The molecule has 0 aromatic carbocycles. The molecule has 13 N–H and O–H groups in total. The number of rotatable bonds is 11. The van der Waals surface area contributed by atoms with Crippen molar-refractivity contribution in [1.29, 1.82) is 0 Å². The first-order valence-electron chi connectivity index (χ1n) is 26.5. The molecule has 10 aliphatic rings. The molecule has 0 amide bonds. The number of allylic oxidation sites excluding steroid dienone is 1. The fourth-order valence-corrected chi connectivity index (χ4v) is 15.2. The van der Waals surface area contributed by atoms with Gasteiger partial charge in [-0.05, 0) is 68.1 Å². The number of aliphatic hydroxyl groups excluding tert-OH is 12. The Labute approximate surface area is 423 Å². The smallest absolute Gasteiger partial charge is 0.187 e. The van der Waals surface area contributed by atoms with Crippen LogP contribution in [0, 0.1) is 40.4 Å². The molecule has 4 aliphatic carbocycles. The van der Waals surface area contributed by atoms with Crippen LogP contribution in [0.15, 0.2) is 11.6 Å². The topological polar surface area (TPSA) is 355 Å². The van der Waals surface area contributed by atoms with Crippen molar-refractivity contribution in [2.24, 2.45) is 40.4 Å². The van der Waals surface area contributed by atoms with E-state index in [-0.39, 0.29) is 40.6 Å². The first-order valence-corrected chi connectivity index (χ1v) is 26.5. The minimum Gasteiger partial charge on any atom is -0.394 e. The van der Waals surface area contributed by atoms with Crippen LogP contribution in [-0.2, 0) is 47.4 Å². The highest BCUT2D eigenvalue weighted by molar-refractivity contribution is 5.30. The van der Waals surface area contributed by atoms with Gasteiger partial charge >= 0.3 is 0 Å². The molecule has 30 atom stereocenters. The van der Waals surface area contributed by atoms with Crippen molar-refractivity contribution >= 4 is 0 Å². The lowest BCUT2D eigenvalue weighted by atomic mass is 9.45. The van der Waals surface area contributed by atoms with Crippen molar-refractivity contribution in [3.8, 4) is 0 Å². The SMILES string of the molecule is C[C@H]1CC[C@@]2(OC1)O[C@H]1C[C@@]3(O)[C@@H]4CC=C5C[C@@H](O[C@@H]6O[C@H](CO)[C@H](O[C@@H]7O[C@H](CO)[C@@H](O)[C@H](O[C@@H]8OC[C@@H](O)[C@H](O)[C@H]8O)[C@H]7O[C@@H]7O[C@H](CO)[C@@H](O)[C@H](O)[C@H]7O)[C@H](O)[C@H]6O)CC[C@]5(C)[C@H]4CC[C@]3(C)[C@H]1[C@@H]2C. The Balaban J connectivity index is 0.833. The summed E-state index contributed by atoms with van der Waals surface area (Å²) in [5.74, 6) is 0.488. The molecule has 0 bridgehead atoms. The summed E-state index contributed by atoms with van der Waals surface area (Å²) in [6.07, 6.45) is -24.8. The maximum absolute atomic E-state index is 13.0. The van der Waals surface area contributed by atoms with E-state index < -0.39 is 161 Å². The van der Waals surface area contributed by atoms with Crippen LogP contribution in [0.25, 0.3) is 0 Å². The van der Waals surface area contributed by atoms with Gasteiger partial charge in [0.1, 0.15) is 91.6 Å². The Morgan fingerprint density at radius 1 is 0.603 bits per heavy atom. The lowest BCUT2D eigenvalue weighted by Gasteiger charge is -2.62. The van der Waals surface area contributed by atoms with Crippen LogP contribution in [0.2, 0.25) is 0 Å². The molecule has 1 spiro atoms. The predicted molar refractivity (Wildman–Crippen MR) is 244 cm³/mol. The highest BCUT2D eigenvalue weighted by Gasteiger charge is 2.74. The lowest BCUT2D eigenvalue weighted by molar-refractivity contribution is -0.403. The van der Waals surface area contributed by atoms with Gasteiger partial charge in [-0.15, -0.1) is 0 Å². The molecule has 23 heteroatoms. The molecule has 6 saturated heterocycles. The summed E-state index contributed by atoms with van der Waals surface area (Å²) in [6, 6.07) is 0. The van der Waals surface area contributed by atoms with E-state index in [1.54, 1.807) is 0 Å². The normalized spacial score (nSPS) is 57.1. The van der Waals surface area contributed by atoms with Crippen LogP contribution in [0.1, 0.15) is 85.5 Å². The molecule has 0 unspecified atom stereocenters. The van der Waals surface area contributed by atoms with E-state index in [4.69, 9.17) is 47.4 Å². The molecule has 6 aliphatic heterocycles. The Kier molecular flexibility index (Phi) is 15.7. The zero-order valence-corrected chi connectivity index (χ0v) is 41.9. The number of aliphatic hydroxyl groups is 13. The zero-order valence-electron chi connectivity index (χ0n) is 41.9. The van der Waals surface area contributed by atoms with E-state index >= 15 is 0 Å². The molecular formula is C50H80O23. The van der Waals surface area contributed by atoms with Gasteiger partial charge in [0, 0.05) is 30.1 Å². The minimum absolute atomic E-state index is 0.0326. The quantitative estimate of drug-likeness (QED) is 0.0905. The fourth-order valence-electron chi connectivity index (χ4n) is 15.2. The third kappa shape index (κ3) is 9.12. The Morgan fingerprint density at radius 2 is 1.23 bits per heavy atom. The first kappa shape index (κ1) is 55.1. The Bertz CT molecular complexity index is 1940. The predicted octanol–water partition coefficient (Wildman–Crippen LogP) is -3.24. The van der Waals surface area contributed by atoms with Crippen LogP contribution >= 0.6 is 0 Å². The van der Waals surface area contributed by atoms with Crippen molar-refractivity contribution in [3.05, 3.63) is 11.6 Å². The standard InChI is InChI=1S/C50H80O23/c1-20-7-12-50(65-18-20)21(2)31-27(73-50)14-49(63)25-6-5-22-13-23(8-10-47(22,3)24(25)9-11-48(31,49)4)66-44-39(62)36(59)40(30(17-53)69-44)70-46-42(72-45-38(61)35(58)33(56)28(15-51)67-45)41(34(57)29(16-52)68-46)71-43-37(60)32(55)26(54)19-64-43/h5,20-21,23-46,51-63H,6-19H2,1-4H3/t20-,21-,23-,24-,25+,26+,27-,28+,29+,30+,31-,32-,33+,34+,35-,36+,37+,38+,39+,40-,41-,42+,43-,44+,45-,46-,47-,48+,49+,50+/m0/s1. The summed E-state index contributed by atoms with van der Waals surface area (Å²) in [6.45, 7) is 6.66. The summed E-state index contributed by atoms with van der Waals surface area (Å²) >= 11 is 0. The molecule has 0 aromatic heterocycles. The average molecular weight is 1050 g/mol. The Hall–Kier alpha value is -1.18. The maximum Gasteiger partial charge on any atom is 0.187 e. The van der Waals surface area contributed by atoms with Gasteiger partial charge in [0.05, 0.1) is 50.8 Å². The molecule has 6 heterocycles. The third-order valence-corrected chi connectivity index (χ3v) is 19.6. The molecule has 3 saturated carbocycles. The summed E-state index contributed by atoms with van der Waals surface area (Å²) in [5, 5.41) is 142. The largest absolute Gasteiger partial charge is 0.394 e. The van der Waals surface area contributed by atoms with Crippen molar-refractivity contribution in [2.75, 3.05) is 33.0 Å². The summed E-state index contributed by atoms with van der Waals surface area (Å²) in [5.41, 5.74) is -0.289. The fraction of sp³-hybridized carbons (Fsp3) is 0.960. The van der Waals surface area contributed by atoms with E-state index in [1.807, 2.05) is 0 Å². The molecule has 418 valence electrons. The van der Waals surface area contributed by atoms with Crippen molar-refractivity contribution in [1.82, 2.24) is 0 Å². The summed E-state index contributed by atoms with van der Waals surface area (Å²) in [7, 11) is 0. The maximum atomic E-state index is 13.0. The Morgan fingerprint density at radius 3 is 1.93 bits per heavy atom. The zero-order chi connectivity index (χ0) is 52.3. The number of hydrogen-bond donors (Lipinski definition) is 13. The minimum atomic E-state index is -2.01. The molecule has 0 aromatic rings. The van der Waals surface area contributed by atoms with Gasteiger partial charge in [-0.1, -0.05) is 39.3 Å². The second kappa shape index (κ2) is 20.8. The lowest BCUT2D eigenvalue weighted by Crippen LogP contribution is -2.68. The average Bonchev–Trinajstić information content (AvgIpc) is 3.77. The van der Waals surface area contributed by atoms with Crippen molar-refractivity contribution in [3.63, 3.8) is 0 Å². The highest BCUT2D eigenvalue weighted by Crippen LogP contribution is 2.72. The number of ether oxygens (including phenoxy) is 10. The van der Waals surface area contributed by atoms with Gasteiger partial charge in [0.25, 0.3) is 0 Å². The summed E-state index contributed by atoms with van der Waals surface area (Å²) < 4.78 is 61.1. The van der Waals surface area contributed by atoms with Crippen molar-refractivity contribution < 1.29 is 114 Å². The monoisotopic (exact) mass is 1050 g/mol. The first-order chi connectivity index (χ1) is 34.6. The van der Waals surface area contributed by atoms with Crippen LogP contribution in [0.5, 0.6) is 0 Å². The highest BCUT2D eigenvalue weighted by atomic mass is 16.8. The second-order valence-electron chi connectivity index (χ2n) is 23.6. The second-order valence-corrected chi connectivity index (χ2v) is 23.6. The van der Waals surface area contributed by atoms with E-state index in [9.17, 15) is 66.4 Å². The summed E-state index contributed by atoms with van der Waals surface area (Å²) in [4.78, 5) is 0. The van der Waals surface area contributed by atoms with Gasteiger partial charge < -0.3 is 114 Å². The molecule has 10 rings (SSSR count). The van der Waals surface area contributed by atoms with Crippen LogP contribution < -0.4 is 0 Å². The molecule has 0 radical (unpaired) electrons.